The summed E-state index contributed by atoms with van der Waals surface area (Å²) in [6, 6.07) is 24.2. The Bertz CT molecular complexity index is 2070. The number of fused-ring (bicyclic) bond motifs is 16. The van der Waals surface area contributed by atoms with E-state index in [2.05, 4.69) is 64.0 Å². The first-order valence-corrected chi connectivity index (χ1v) is 12.0. The summed E-state index contributed by atoms with van der Waals surface area (Å²) >= 11 is 0. The summed E-state index contributed by atoms with van der Waals surface area (Å²) in [7, 11) is 0. The predicted octanol–water partition coefficient (Wildman–Crippen LogP) is 6.73. The Hall–Kier alpha value is -4.57. The SMILES string of the molecule is c1ccc2c(c1)Cc1c-2ccc2c1Cc1ccc3nc4c5cnccc5c5ncccc5n4c3c1-2. The topological polar surface area (TPSA) is 43.1 Å². The minimum atomic E-state index is 0.944. The van der Waals surface area contributed by atoms with Crippen LogP contribution in [-0.2, 0) is 12.8 Å². The number of rotatable bonds is 0. The predicted molar refractivity (Wildman–Crippen MR) is 140 cm³/mol. The Morgan fingerprint density at radius 2 is 1.57 bits per heavy atom. The smallest absolute Gasteiger partial charge is 0.148 e. The van der Waals surface area contributed by atoms with E-state index in [0.717, 1.165) is 45.8 Å². The summed E-state index contributed by atoms with van der Waals surface area (Å²) in [5, 5.41) is 2.12. The van der Waals surface area contributed by atoms with Crippen LogP contribution in [0.25, 0.3) is 60.7 Å². The number of aromatic nitrogens is 4. The second-order valence-corrected chi connectivity index (χ2v) is 9.66. The van der Waals surface area contributed by atoms with Gasteiger partial charge in [-0.15, -0.1) is 0 Å². The lowest BCUT2D eigenvalue weighted by Gasteiger charge is -2.11. The number of hydrogen-bond acceptors (Lipinski definition) is 3. The average molecular weight is 447 g/mol. The van der Waals surface area contributed by atoms with Gasteiger partial charge in [-0.25, -0.2) is 4.98 Å². The lowest BCUT2D eigenvalue weighted by Crippen LogP contribution is -1.95. The molecule has 4 heteroatoms. The molecule has 0 radical (unpaired) electrons. The second kappa shape index (κ2) is 6.10. The summed E-state index contributed by atoms with van der Waals surface area (Å²) < 4.78 is 2.32. The van der Waals surface area contributed by atoms with Crippen molar-refractivity contribution in [2.45, 2.75) is 12.8 Å². The molecule has 0 bridgehead atoms. The second-order valence-electron chi connectivity index (χ2n) is 9.66. The van der Waals surface area contributed by atoms with Gasteiger partial charge in [0, 0.05) is 34.9 Å². The lowest BCUT2D eigenvalue weighted by molar-refractivity contribution is 1.16. The molecular formula is C31H18N4. The molecule has 4 nitrogen and oxygen atoms in total. The van der Waals surface area contributed by atoms with Crippen LogP contribution >= 0.6 is 0 Å². The van der Waals surface area contributed by atoms with E-state index >= 15 is 0 Å². The van der Waals surface area contributed by atoms with E-state index in [0.29, 0.717) is 0 Å². The highest BCUT2D eigenvalue weighted by atomic mass is 15.0. The Morgan fingerprint density at radius 3 is 2.57 bits per heavy atom. The van der Waals surface area contributed by atoms with Crippen molar-refractivity contribution in [3.8, 4) is 22.3 Å². The highest BCUT2D eigenvalue weighted by Crippen LogP contribution is 2.49. The summed E-state index contributed by atoms with van der Waals surface area (Å²) in [6.07, 6.45) is 7.61. The van der Waals surface area contributed by atoms with Crippen molar-refractivity contribution in [2.75, 3.05) is 0 Å². The molecule has 0 spiro atoms. The molecule has 162 valence electrons. The first-order chi connectivity index (χ1) is 17.4. The lowest BCUT2D eigenvalue weighted by atomic mass is 9.96. The van der Waals surface area contributed by atoms with Crippen molar-refractivity contribution in [1.29, 1.82) is 0 Å². The molecule has 0 saturated carbocycles. The normalized spacial score (nSPS) is 13.5. The molecule has 0 aliphatic heterocycles. The average Bonchev–Trinajstić information content (AvgIpc) is 3.59. The van der Waals surface area contributed by atoms with Gasteiger partial charge in [0.25, 0.3) is 0 Å². The summed E-state index contributed by atoms with van der Waals surface area (Å²) in [4.78, 5) is 14.3. The van der Waals surface area contributed by atoms with E-state index in [-0.39, 0.29) is 0 Å². The number of hydrogen-bond donors (Lipinski definition) is 0. The molecule has 0 unspecified atom stereocenters. The molecule has 2 aliphatic carbocycles. The van der Waals surface area contributed by atoms with Crippen molar-refractivity contribution in [3.05, 3.63) is 108 Å². The maximum absolute atomic E-state index is 5.14. The Kier molecular flexibility index (Phi) is 3.11. The van der Waals surface area contributed by atoms with Gasteiger partial charge in [-0.2, -0.15) is 0 Å². The fraction of sp³-hybridized carbons (Fsp3) is 0.0645. The number of pyridine rings is 3. The van der Waals surface area contributed by atoms with Crippen molar-refractivity contribution >= 4 is 38.5 Å². The number of imidazole rings is 1. The van der Waals surface area contributed by atoms with E-state index in [9.17, 15) is 0 Å². The fourth-order valence-electron chi connectivity index (χ4n) is 6.54. The molecule has 9 rings (SSSR count). The van der Waals surface area contributed by atoms with Crippen LogP contribution in [0.2, 0.25) is 0 Å². The zero-order chi connectivity index (χ0) is 22.7. The van der Waals surface area contributed by atoms with Gasteiger partial charge < -0.3 is 0 Å². The Balaban J connectivity index is 1.44. The first-order valence-electron chi connectivity index (χ1n) is 12.0. The molecule has 0 saturated heterocycles. The van der Waals surface area contributed by atoms with Crippen molar-refractivity contribution in [1.82, 2.24) is 19.4 Å². The molecule has 4 heterocycles. The maximum atomic E-state index is 5.14. The summed E-state index contributed by atoms with van der Waals surface area (Å²) in [5.41, 5.74) is 16.4. The van der Waals surface area contributed by atoms with Crippen LogP contribution < -0.4 is 0 Å². The third-order valence-electron chi connectivity index (χ3n) is 7.99. The molecule has 35 heavy (non-hydrogen) atoms. The standard InChI is InChI=1S/C31H18N4/c1-2-5-19-17(4-1)14-23-20(19)8-9-21-24(23)15-18-7-10-26-30(28(18)21)35-27-6-3-12-33-29(27)22-11-13-32-16-25(22)31(35)34-26/h1-13,16H,14-15H2. The minimum Gasteiger partial charge on any atom is -0.289 e. The van der Waals surface area contributed by atoms with Gasteiger partial charge in [0.2, 0.25) is 0 Å². The van der Waals surface area contributed by atoms with Crippen LogP contribution in [0.1, 0.15) is 22.3 Å². The molecular weight excluding hydrogens is 428 g/mol. The molecule has 4 aromatic heterocycles. The van der Waals surface area contributed by atoms with Gasteiger partial charge in [0.05, 0.1) is 22.1 Å². The molecule has 0 fully saturated rings. The van der Waals surface area contributed by atoms with Crippen LogP contribution in [0.5, 0.6) is 0 Å². The van der Waals surface area contributed by atoms with Gasteiger partial charge in [0.1, 0.15) is 5.65 Å². The van der Waals surface area contributed by atoms with E-state index in [1.54, 1.807) is 0 Å². The van der Waals surface area contributed by atoms with E-state index in [1.807, 2.05) is 30.7 Å². The molecule has 7 aromatic rings. The van der Waals surface area contributed by atoms with Crippen molar-refractivity contribution in [2.24, 2.45) is 0 Å². The van der Waals surface area contributed by atoms with E-state index in [1.165, 1.54) is 50.0 Å². The van der Waals surface area contributed by atoms with Crippen molar-refractivity contribution < 1.29 is 0 Å². The van der Waals surface area contributed by atoms with Gasteiger partial charge in [-0.1, -0.05) is 42.5 Å². The molecule has 0 N–H and O–H groups in total. The monoisotopic (exact) mass is 446 g/mol. The van der Waals surface area contributed by atoms with Crippen LogP contribution in [-0.4, -0.2) is 19.4 Å². The molecule has 0 atom stereocenters. The van der Waals surface area contributed by atoms with Crippen LogP contribution in [0.15, 0.2) is 85.3 Å². The van der Waals surface area contributed by atoms with Gasteiger partial charge >= 0.3 is 0 Å². The van der Waals surface area contributed by atoms with Gasteiger partial charge in [-0.3, -0.25) is 14.4 Å². The van der Waals surface area contributed by atoms with Crippen LogP contribution in [0.3, 0.4) is 0 Å². The Morgan fingerprint density at radius 1 is 0.686 bits per heavy atom. The maximum Gasteiger partial charge on any atom is 0.148 e. The Labute approximate surface area is 200 Å². The zero-order valence-corrected chi connectivity index (χ0v) is 18.8. The minimum absolute atomic E-state index is 0.944. The summed E-state index contributed by atoms with van der Waals surface area (Å²) in [6.45, 7) is 0. The first kappa shape index (κ1) is 17.8. The highest BCUT2D eigenvalue weighted by molar-refractivity contribution is 6.13. The van der Waals surface area contributed by atoms with Crippen LogP contribution in [0, 0.1) is 0 Å². The van der Waals surface area contributed by atoms with Gasteiger partial charge in [0.15, 0.2) is 0 Å². The van der Waals surface area contributed by atoms with Crippen LogP contribution in [0.4, 0.5) is 0 Å². The number of benzene rings is 3. The van der Waals surface area contributed by atoms with Gasteiger partial charge in [-0.05, 0) is 76.1 Å². The third-order valence-corrected chi connectivity index (χ3v) is 7.99. The quantitative estimate of drug-likeness (QED) is 0.243. The number of nitrogens with zero attached hydrogens (tertiary/aromatic N) is 4. The van der Waals surface area contributed by atoms with E-state index in [4.69, 9.17) is 9.97 Å². The fourth-order valence-corrected chi connectivity index (χ4v) is 6.54. The largest absolute Gasteiger partial charge is 0.289 e. The molecule has 0 amide bonds. The molecule has 3 aromatic carbocycles. The van der Waals surface area contributed by atoms with E-state index < -0.39 is 0 Å². The summed E-state index contributed by atoms with van der Waals surface area (Å²) in [5.74, 6) is 0. The molecule has 2 aliphatic rings. The zero-order valence-electron chi connectivity index (χ0n) is 18.8. The third kappa shape index (κ3) is 2.11. The van der Waals surface area contributed by atoms with Crippen molar-refractivity contribution in [3.63, 3.8) is 0 Å². The highest BCUT2D eigenvalue weighted by Gasteiger charge is 2.30.